The smallest absolute Gasteiger partial charge is 0.274 e. The maximum absolute atomic E-state index is 12.9. The molecule has 0 N–H and O–H groups in total. The highest BCUT2D eigenvalue weighted by Crippen LogP contribution is 2.38. The van der Waals surface area contributed by atoms with Gasteiger partial charge in [0.1, 0.15) is 5.75 Å². The summed E-state index contributed by atoms with van der Waals surface area (Å²) < 4.78 is 18.8. The molecule has 0 bridgehead atoms. The minimum absolute atomic E-state index is 0.0844. The first-order valence-electron chi connectivity index (χ1n) is 8.23. The van der Waals surface area contributed by atoms with Gasteiger partial charge in [0.15, 0.2) is 16.5 Å². The van der Waals surface area contributed by atoms with E-state index in [0.29, 0.717) is 33.3 Å². The molecule has 0 unspecified atom stereocenters. The van der Waals surface area contributed by atoms with Crippen molar-refractivity contribution >= 4 is 33.4 Å². The van der Waals surface area contributed by atoms with E-state index in [9.17, 15) is 4.79 Å². The number of para-hydroxylation sites is 2. The van der Waals surface area contributed by atoms with E-state index in [1.165, 1.54) is 11.3 Å². The molecule has 4 aromatic rings. The Bertz CT molecular complexity index is 1260. The molecule has 1 aliphatic heterocycles. The molecule has 0 saturated heterocycles. The average Bonchev–Trinajstić information content (AvgIpc) is 3.31. The number of nitrogens with zero attached hydrogens (tertiary/aromatic N) is 2. The number of fused-ring (bicyclic) bond motifs is 4. The lowest BCUT2D eigenvalue weighted by Gasteiger charge is -2.08. The zero-order valence-electron chi connectivity index (χ0n) is 13.9. The predicted molar refractivity (Wildman–Crippen MR) is 99.4 cm³/mol. The minimum Gasteiger partial charge on any atom is -0.493 e. The van der Waals surface area contributed by atoms with Gasteiger partial charge in [-0.15, -0.1) is 0 Å². The van der Waals surface area contributed by atoms with Gasteiger partial charge in [-0.1, -0.05) is 23.5 Å². The molecule has 0 spiro atoms. The lowest BCUT2D eigenvalue weighted by Crippen LogP contribution is -2.22. The summed E-state index contributed by atoms with van der Waals surface area (Å²) in [5, 5.41) is 0. The maximum atomic E-state index is 12.9. The Kier molecular flexibility index (Phi) is 3.36. The molecule has 130 valence electrons. The van der Waals surface area contributed by atoms with Gasteiger partial charge < -0.3 is 14.2 Å². The molecular formula is C19H14N2O4S. The van der Waals surface area contributed by atoms with Crippen LogP contribution in [0.25, 0.3) is 22.1 Å². The van der Waals surface area contributed by atoms with E-state index in [0.717, 1.165) is 16.6 Å². The van der Waals surface area contributed by atoms with Crippen molar-refractivity contribution in [1.82, 2.24) is 9.38 Å². The van der Waals surface area contributed by atoms with Gasteiger partial charge in [-0.2, -0.15) is 0 Å². The Hall–Kier alpha value is -3.06. The number of hydrogen-bond acceptors (Lipinski definition) is 6. The Morgan fingerprint density at radius 1 is 1.27 bits per heavy atom. The highest BCUT2D eigenvalue weighted by molar-refractivity contribution is 7.15. The van der Waals surface area contributed by atoms with Gasteiger partial charge in [0.05, 0.1) is 22.2 Å². The van der Waals surface area contributed by atoms with Gasteiger partial charge in [-0.25, -0.2) is 9.38 Å². The van der Waals surface area contributed by atoms with Crippen LogP contribution < -0.4 is 24.3 Å². The van der Waals surface area contributed by atoms with Gasteiger partial charge in [-0.3, -0.25) is 4.79 Å². The second-order valence-corrected chi connectivity index (χ2v) is 6.82. The molecule has 6 nitrogen and oxygen atoms in total. The molecule has 1 aliphatic rings. The predicted octanol–water partition coefficient (Wildman–Crippen LogP) is 2.58. The molecule has 0 fully saturated rings. The maximum Gasteiger partial charge on any atom is 0.274 e. The number of imidazole rings is 1. The van der Waals surface area contributed by atoms with Crippen molar-refractivity contribution < 1.29 is 14.2 Å². The number of benzene rings is 2. The van der Waals surface area contributed by atoms with Gasteiger partial charge in [-0.05, 0) is 31.2 Å². The van der Waals surface area contributed by atoms with Crippen LogP contribution in [-0.4, -0.2) is 22.8 Å². The summed E-state index contributed by atoms with van der Waals surface area (Å²) in [6.45, 7) is 2.62. The lowest BCUT2D eigenvalue weighted by molar-refractivity contribution is 0.174. The van der Waals surface area contributed by atoms with Crippen LogP contribution in [-0.2, 0) is 0 Å². The van der Waals surface area contributed by atoms with Crippen molar-refractivity contribution in [1.29, 1.82) is 0 Å². The van der Waals surface area contributed by atoms with Gasteiger partial charge in [0.25, 0.3) is 5.56 Å². The molecule has 0 aliphatic carbocycles. The summed E-state index contributed by atoms with van der Waals surface area (Å²) in [5.74, 6) is 1.96. The topological polar surface area (TPSA) is 62.1 Å². The third kappa shape index (κ3) is 2.24. The fourth-order valence-corrected chi connectivity index (χ4v) is 4.06. The van der Waals surface area contributed by atoms with Crippen molar-refractivity contribution in [2.45, 2.75) is 6.92 Å². The Morgan fingerprint density at radius 3 is 2.92 bits per heavy atom. The highest BCUT2D eigenvalue weighted by Gasteiger charge is 2.18. The Morgan fingerprint density at radius 2 is 2.08 bits per heavy atom. The van der Waals surface area contributed by atoms with E-state index in [1.807, 2.05) is 43.3 Å². The Balaban J connectivity index is 1.74. The van der Waals surface area contributed by atoms with Crippen LogP contribution in [0.5, 0.6) is 17.2 Å². The lowest BCUT2D eigenvalue weighted by atomic mass is 10.1. The summed E-state index contributed by atoms with van der Waals surface area (Å²) in [5.41, 5.74) is 2.33. The van der Waals surface area contributed by atoms with Crippen molar-refractivity contribution in [2.24, 2.45) is 0 Å². The molecule has 0 atom stereocenters. The standard InChI is InChI=1S/C19H14N2O4S/c1-2-23-14-9-16-15(24-10-25-16)7-11(14)8-17-18(22)21-13-6-4-3-5-12(13)20-19(21)26-17/h3-9H,2,10H2,1H3/b17-8-. The SMILES string of the molecule is CCOc1cc2c(cc1/C=c1\sc3nc4ccccc4n3c1=O)OCO2. The Labute approximate surface area is 151 Å². The van der Waals surface area contributed by atoms with E-state index in [4.69, 9.17) is 14.2 Å². The van der Waals surface area contributed by atoms with Crippen LogP contribution in [0.1, 0.15) is 12.5 Å². The molecule has 3 heterocycles. The first kappa shape index (κ1) is 15.2. The van der Waals surface area contributed by atoms with Crippen LogP contribution in [0.2, 0.25) is 0 Å². The summed E-state index contributed by atoms with van der Waals surface area (Å²) >= 11 is 1.36. The molecule has 0 amide bonds. The van der Waals surface area contributed by atoms with Crippen molar-refractivity contribution in [3.8, 4) is 17.2 Å². The van der Waals surface area contributed by atoms with Crippen LogP contribution in [0.3, 0.4) is 0 Å². The molecular weight excluding hydrogens is 352 g/mol. The van der Waals surface area contributed by atoms with Crippen LogP contribution >= 0.6 is 11.3 Å². The van der Waals surface area contributed by atoms with E-state index >= 15 is 0 Å². The molecule has 0 radical (unpaired) electrons. The molecule has 0 saturated carbocycles. The van der Waals surface area contributed by atoms with Crippen molar-refractivity contribution in [3.05, 3.63) is 56.8 Å². The number of thiazole rings is 1. The molecule has 5 rings (SSSR count). The highest BCUT2D eigenvalue weighted by atomic mass is 32.1. The van der Waals surface area contributed by atoms with Crippen molar-refractivity contribution in [2.75, 3.05) is 13.4 Å². The molecule has 26 heavy (non-hydrogen) atoms. The first-order chi connectivity index (χ1) is 12.7. The van der Waals surface area contributed by atoms with Gasteiger partial charge in [0.2, 0.25) is 6.79 Å². The molecule has 7 heteroatoms. The fourth-order valence-electron chi connectivity index (χ4n) is 3.09. The second kappa shape index (κ2) is 5.74. The quantitative estimate of drug-likeness (QED) is 0.558. The zero-order valence-corrected chi connectivity index (χ0v) is 14.7. The minimum atomic E-state index is -0.0844. The van der Waals surface area contributed by atoms with E-state index in [-0.39, 0.29) is 12.4 Å². The van der Waals surface area contributed by atoms with Crippen LogP contribution in [0, 0.1) is 0 Å². The zero-order chi connectivity index (χ0) is 17.7. The number of rotatable bonds is 3. The third-order valence-electron chi connectivity index (χ3n) is 4.24. The molecule has 2 aromatic heterocycles. The van der Waals surface area contributed by atoms with E-state index < -0.39 is 0 Å². The van der Waals surface area contributed by atoms with E-state index in [1.54, 1.807) is 10.5 Å². The van der Waals surface area contributed by atoms with E-state index in [2.05, 4.69) is 4.98 Å². The fraction of sp³-hybridized carbons (Fsp3) is 0.158. The average molecular weight is 366 g/mol. The number of aromatic nitrogens is 2. The summed E-state index contributed by atoms with van der Waals surface area (Å²) in [4.78, 5) is 18.1. The first-order valence-corrected chi connectivity index (χ1v) is 9.04. The largest absolute Gasteiger partial charge is 0.493 e. The normalized spacial score (nSPS) is 13.8. The van der Waals surface area contributed by atoms with Crippen LogP contribution in [0.15, 0.2) is 41.2 Å². The molecule has 2 aromatic carbocycles. The van der Waals surface area contributed by atoms with Gasteiger partial charge in [0, 0.05) is 11.6 Å². The summed E-state index contributed by atoms with van der Waals surface area (Å²) in [6, 6.07) is 11.3. The van der Waals surface area contributed by atoms with Crippen LogP contribution in [0.4, 0.5) is 0 Å². The summed E-state index contributed by atoms with van der Waals surface area (Å²) in [6.07, 6.45) is 1.82. The summed E-state index contributed by atoms with van der Waals surface area (Å²) in [7, 11) is 0. The number of ether oxygens (including phenoxy) is 3. The van der Waals surface area contributed by atoms with Crippen molar-refractivity contribution in [3.63, 3.8) is 0 Å². The van der Waals surface area contributed by atoms with Gasteiger partial charge >= 0.3 is 0 Å². The number of hydrogen-bond donors (Lipinski definition) is 0. The monoisotopic (exact) mass is 366 g/mol. The third-order valence-corrected chi connectivity index (χ3v) is 5.21. The second-order valence-electron chi connectivity index (χ2n) is 5.81.